The molecule has 3 rings (SSSR count). The molecule has 6 nitrogen and oxygen atoms in total. The molecule has 8 heteroatoms. The van der Waals surface area contributed by atoms with Crippen molar-refractivity contribution < 1.29 is 17.2 Å². The molecule has 2 aromatic heterocycles. The summed E-state index contributed by atoms with van der Waals surface area (Å²) in [5, 5.41) is 4.12. The van der Waals surface area contributed by atoms with Crippen LogP contribution >= 0.6 is 0 Å². The first kappa shape index (κ1) is 15.4. The summed E-state index contributed by atoms with van der Waals surface area (Å²) in [6, 6.07) is 9.59. The van der Waals surface area contributed by atoms with E-state index in [0.717, 1.165) is 6.07 Å². The maximum atomic E-state index is 13.2. The Kier molecular flexibility index (Phi) is 4.26. The molecule has 0 bridgehead atoms. The SMILES string of the molecule is O=S(=O)(NCC(c1ccco1)n1cccn1)c1cccc(F)c1. The third kappa shape index (κ3) is 3.49. The van der Waals surface area contributed by atoms with Crippen molar-refractivity contribution in [3.63, 3.8) is 0 Å². The van der Waals surface area contributed by atoms with Crippen molar-refractivity contribution in [3.8, 4) is 0 Å². The summed E-state index contributed by atoms with van der Waals surface area (Å²) >= 11 is 0. The molecule has 3 aromatic rings. The van der Waals surface area contributed by atoms with Crippen molar-refractivity contribution in [3.05, 3.63) is 72.7 Å². The molecule has 0 saturated heterocycles. The number of benzene rings is 1. The number of aromatic nitrogens is 2. The summed E-state index contributed by atoms with van der Waals surface area (Å²) in [7, 11) is -3.83. The molecule has 23 heavy (non-hydrogen) atoms. The summed E-state index contributed by atoms with van der Waals surface area (Å²) in [6.45, 7) is 0.0219. The van der Waals surface area contributed by atoms with Gasteiger partial charge in [0.15, 0.2) is 0 Å². The van der Waals surface area contributed by atoms with Gasteiger partial charge in [0.05, 0.1) is 11.2 Å². The monoisotopic (exact) mass is 335 g/mol. The van der Waals surface area contributed by atoms with Crippen LogP contribution in [0.5, 0.6) is 0 Å². The molecule has 2 heterocycles. The van der Waals surface area contributed by atoms with Crippen LogP contribution < -0.4 is 4.72 Å². The van der Waals surface area contributed by atoms with Crippen molar-refractivity contribution in [1.29, 1.82) is 0 Å². The van der Waals surface area contributed by atoms with Crippen molar-refractivity contribution in [2.24, 2.45) is 0 Å². The minimum atomic E-state index is -3.83. The van der Waals surface area contributed by atoms with E-state index in [9.17, 15) is 12.8 Å². The van der Waals surface area contributed by atoms with Gasteiger partial charge in [-0.05, 0) is 36.4 Å². The van der Waals surface area contributed by atoms with Gasteiger partial charge in [-0.25, -0.2) is 17.5 Å². The van der Waals surface area contributed by atoms with Gasteiger partial charge >= 0.3 is 0 Å². The third-order valence-corrected chi connectivity index (χ3v) is 4.71. The highest BCUT2D eigenvalue weighted by Crippen LogP contribution is 2.18. The molecule has 0 spiro atoms. The summed E-state index contributed by atoms with van der Waals surface area (Å²) in [5.41, 5.74) is 0. The normalized spacial score (nSPS) is 13.1. The minimum absolute atomic E-state index is 0.0219. The second-order valence-electron chi connectivity index (χ2n) is 4.83. The summed E-state index contributed by atoms with van der Waals surface area (Å²) in [6.07, 6.45) is 4.81. The first-order valence-corrected chi connectivity index (χ1v) is 8.32. The van der Waals surface area contributed by atoms with Gasteiger partial charge in [-0.2, -0.15) is 5.10 Å². The zero-order valence-corrected chi connectivity index (χ0v) is 12.8. The van der Waals surface area contributed by atoms with Crippen LogP contribution in [0.4, 0.5) is 4.39 Å². The lowest BCUT2D eigenvalue weighted by Gasteiger charge is -2.16. The fourth-order valence-corrected chi connectivity index (χ4v) is 3.25. The Morgan fingerprint density at radius 1 is 1.26 bits per heavy atom. The van der Waals surface area contributed by atoms with Gasteiger partial charge in [-0.3, -0.25) is 4.68 Å². The number of halogens is 1. The zero-order valence-electron chi connectivity index (χ0n) is 12.0. The van der Waals surface area contributed by atoms with Crippen LogP contribution in [0.15, 0.2) is 70.4 Å². The Hall–Kier alpha value is -2.45. The second-order valence-corrected chi connectivity index (χ2v) is 6.59. The van der Waals surface area contributed by atoms with Crippen molar-refractivity contribution in [2.45, 2.75) is 10.9 Å². The Morgan fingerprint density at radius 3 is 2.78 bits per heavy atom. The van der Waals surface area contributed by atoms with E-state index in [1.807, 2.05) is 0 Å². The number of nitrogens with zero attached hydrogens (tertiary/aromatic N) is 2. The highest BCUT2D eigenvalue weighted by Gasteiger charge is 2.21. The molecule has 0 aliphatic carbocycles. The van der Waals surface area contributed by atoms with Crippen LogP contribution in [0, 0.1) is 5.82 Å². The second kappa shape index (κ2) is 6.35. The van der Waals surface area contributed by atoms with E-state index in [4.69, 9.17) is 4.42 Å². The van der Waals surface area contributed by atoms with E-state index in [0.29, 0.717) is 5.76 Å². The smallest absolute Gasteiger partial charge is 0.240 e. The molecule has 0 aliphatic heterocycles. The van der Waals surface area contributed by atoms with Crippen LogP contribution in [0.1, 0.15) is 11.8 Å². The Balaban J connectivity index is 1.82. The van der Waals surface area contributed by atoms with Crippen LogP contribution in [0.2, 0.25) is 0 Å². The lowest BCUT2D eigenvalue weighted by molar-refractivity contribution is 0.402. The first-order chi connectivity index (χ1) is 11.1. The maximum Gasteiger partial charge on any atom is 0.240 e. The number of furan rings is 1. The largest absolute Gasteiger partial charge is 0.467 e. The Labute approximate surface area is 132 Å². The van der Waals surface area contributed by atoms with Gasteiger partial charge in [-0.1, -0.05) is 6.07 Å². The molecule has 0 amide bonds. The minimum Gasteiger partial charge on any atom is -0.467 e. The first-order valence-electron chi connectivity index (χ1n) is 6.84. The van der Waals surface area contributed by atoms with Gasteiger partial charge in [-0.15, -0.1) is 0 Å². The van der Waals surface area contributed by atoms with Gasteiger partial charge in [0.25, 0.3) is 0 Å². The number of sulfonamides is 1. The average molecular weight is 335 g/mol. The van der Waals surface area contributed by atoms with E-state index >= 15 is 0 Å². The molecule has 0 fully saturated rings. The number of hydrogen-bond acceptors (Lipinski definition) is 4. The molecule has 0 radical (unpaired) electrons. The fraction of sp³-hybridized carbons (Fsp3) is 0.133. The van der Waals surface area contributed by atoms with Gasteiger partial charge < -0.3 is 4.42 Å². The average Bonchev–Trinajstić information content (AvgIpc) is 3.21. The molecule has 1 atom stereocenters. The molecule has 1 N–H and O–H groups in total. The molecular weight excluding hydrogens is 321 g/mol. The highest BCUT2D eigenvalue weighted by atomic mass is 32.2. The summed E-state index contributed by atoms with van der Waals surface area (Å²) in [4.78, 5) is -0.129. The molecular formula is C15H14FN3O3S. The van der Waals surface area contributed by atoms with Gasteiger partial charge in [0.2, 0.25) is 10.0 Å². The lowest BCUT2D eigenvalue weighted by Crippen LogP contribution is -2.31. The van der Waals surface area contributed by atoms with Crippen LogP contribution in [-0.2, 0) is 10.0 Å². The van der Waals surface area contributed by atoms with E-state index in [1.54, 1.807) is 35.3 Å². The van der Waals surface area contributed by atoms with Crippen molar-refractivity contribution in [2.75, 3.05) is 6.54 Å². The standard InChI is InChI=1S/C15H14FN3O3S/c16-12-4-1-5-13(10-12)23(20,21)18-11-14(15-6-2-9-22-15)19-8-3-7-17-19/h1-10,14,18H,11H2. The van der Waals surface area contributed by atoms with E-state index in [2.05, 4.69) is 9.82 Å². The molecule has 0 aliphatic rings. The third-order valence-electron chi connectivity index (χ3n) is 3.29. The maximum absolute atomic E-state index is 13.2. The predicted octanol–water partition coefficient (Wildman–Crippen LogP) is 2.18. The van der Waals surface area contributed by atoms with E-state index in [1.165, 1.54) is 24.5 Å². The fourth-order valence-electron chi connectivity index (χ4n) is 2.18. The van der Waals surface area contributed by atoms with Crippen LogP contribution in [0.25, 0.3) is 0 Å². The quantitative estimate of drug-likeness (QED) is 0.749. The zero-order chi connectivity index (χ0) is 16.3. The number of nitrogens with one attached hydrogen (secondary N) is 1. The molecule has 1 aromatic carbocycles. The summed E-state index contributed by atoms with van der Waals surface area (Å²) < 4.78 is 47.2. The molecule has 1 unspecified atom stereocenters. The van der Waals surface area contributed by atoms with Gasteiger partial charge in [0.1, 0.15) is 17.6 Å². The topological polar surface area (TPSA) is 77.1 Å². The van der Waals surface area contributed by atoms with Crippen LogP contribution in [-0.4, -0.2) is 24.7 Å². The molecule has 120 valence electrons. The van der Waals surface area contributed by atoms with Crippen molar-refractivity contribution >= 4 is 10.0 Å². The highest BCUT2D eigenvalue weighted by molar-refractivity contribution is 7.89. The van der Waals surface area contributed by atoms with E-state index in [-0.39, 0.29) is 11.4 Å². The van der Waals surface area contributed by atoms with Crippen molar-refractivity contribution in [1.82, 2.24) is 14.5 Å². The van der Waals surface area contributed by atoms with Crippen LogP contribution in [0.3, 0.4) is 0 Å². The predicted molar refractivity (Wildman–Crippen MR) is 80.7 cm³/mol. The van der Waals surface area contributed by atoms with Gasteiger partial charge in [0, 0.05) is 18.9 Å². The number of rotatable bonds is 6. The Bertz CT molecular complexity index is 827. The summed E-state index contributed by atoms with van der Waals surface area (Å²) in [5.74, 6) is -0.0434. The number of hydrogen-bond donors (Lipinski definition) is 1. The molecule has 0 saturated carbocycles. The van der Waals surface area contributed by atoms with E-state index < -0.39 is 21.9 Å². The lowest BCUT2D eigenvalue weighted by atomic mass is 10.2. The Morgan fingerprint density at radius 2 is 2.13 bits per heavy atom.